The van der Waals surface area contributed by atoms with Crippen molar-refractivity contribution in [3.63, 3.8) is 0 Å². The fraction of sp³-hybridized carbons (Fsp3) is 0.227. The van der Waals surface area contributed by atoms with Gasteiger partial charge in [0, 0.05) is 30.7 Å². The van der Waals surface area contributed by atoms with E-state index in [0.717, 1.165) is 17.9 Å². The molecule has 0 aliphatic heterocycles. The summed E-state index contributed by atoms with van der Waals surface area (Å²) in [5.74, 6) is 1.05. The Balaban J connectivity index is 1.76. The molecule has 0 unspecified atom stereocenters. The van der Waals surface area contributed by atoms with Crippen LogP contribution in [-0.2, 0) is 13.1 Å². The molecule has 2 aromatic carbocycles. The number of carbonyl (C=O) groups excluding carboxylic acids is 1. The van der Waals surface area contributed by atoms with Crippen LogP contribution in [-0.4, -0.2) is 22.4 Å². The van der Waals surface area contributed by atoms with Crippen molar-refractivity contribution in [2.75, 3.05) is 11.4 Å². The maximum Gasteiger partial charge on any atom is 0.270 e. The molecule has 28 heavy (non-hydrogen) atoms. The summed E-state index contributed by atoms with van der Waals surface area (Å²) < 4.78 is 0. The summed E-state index contributed by atoms with van der Waals surface area (Å²) in [5.41, 5.74) is 2.40. The van der Waals surface area contributed by atoms with E-state index >= 15 is 0 Å². The van der Waals surface area contributed by atoms with Crippen LogP contribution in [0.5, 0.6) is 0 Å². The number of amides is 1. The number of nitrogens with zero attached hydrogens (tertiary/aromatic N) is 3. The van der Waals surface area contributed by atoms with Crippen LogP contribution < -0.4 is 10.2 Å². The van der Waals surface area contributed by atoms with Gasteiger partial charge in [0.15, 0.2) is 0 Å². The summed E-state index contributed by atoms with van der Waals surface area (Å²) in [4.78, 5) is 23.6. The molecule has 1 N–H and O–H groups in total. The van der Waals surface area contributed by atoms with Gasteiger partial charge in [-0.15, -0.1) is 0 Å². The molecule has 0 radical (unpaired) electrons. The Bertz CT molecular complexity index is 946. The Labute approximate surface area is 170 Å². The first-order chi connectivity index (χ1) is 13.6. The number of aryl methyl sites for hydroxylation is 1. The Kier molecular flexibility index (Phi) is 6.61. The zero-order valence-electron chi connectivity index (χ0n) is 16.0. The molecule has 0 aliphatic rings. The number of halogens is 1. The van der Waals surface area contributed by atoms with Gasteiger partial charge >= 0.3 is 0 Å². The number of nitrogens with one attached hydrogen (secondary N) is 1. The van der Waals surface area contributed by atoms with Gasteiger partial charge in [-0.05, 0) is 31.0 Å². The molecule has 6 heteroatoms. The Morgan fingerprint density at radius 1 is 1.07 bits per heavy atom. The van der Waals surface area contributed by atoms with Crippen molar-refractivity contribution in [1.82, 2.24) is 15.3 Å². The maximum atomic E-state index is 12.6. The topological polar surface area (TPSA) is 58.1 Å². The largest absolute Gasteiger partial charge is 0.352 e. The molecule has 0 saturated heterocycles. The van der Waals surface area contributed by atoms with E-state index in [1.54, 1.807) is 19.1 Å². The van der Waals surface area contributed by atoms with Crippen molar-refractivity contribution < 1.29 is 4.79 Å². The Hall–Kier alpha value is -2.92. The molecule has 1 aromatic heterocycles. The number of hydrogen-bond donors (Lipinski definition) is 1. The number of benzene rings is 2. The van der Waals surface area contributed by atoms with Crippen LogP contribution >= 0.6 is 11.6 Å². The first-order valence-corrected chi connectivity index (χ1v) is 9.60. The third-order valence-corrected chi connectivity index (χ3v) is 4.75. The molecule has 144 valence electrons. The second kappa shape index (κ2) is 9.33. The van der Waals surface area contributed by atoms with Crippen molar-refractivity contribution in [3.8, 4) is 0 Å². The van der Waals surface area contributed by atoms with E-state index in [2.05, 4.69) is 39.2 Å². The van der Waals surface area contributed by atoms with Crippen LogP contribution in [0.3, 0.4) is 0 Å². The smallest absolute Gasteiger partial charge is 0.270 e. The van der Waals surface area contributed by atoms with E-state index < -0.39 is 0 Å². The SMILES string of the molecule is CCN(Cc1ccccc1)c1cc(C(=O)NCc2ccccc2Cl)nc(C)n1. The van der Waals surface area contributed by atoms with Gasteiger partial charge in [0.1, 0.15) is 17.3 Å². The summed E-state index contributed by atoms with van der Waals surface area (Å²) in [6, 6.07) is 19.4. The minimum absolute atomic E-state index is 0.248. The fourth-order valence-corrected chi connectivity index (χ4v) is 3.10. The molecule has 1 amide bonds. The van der Waals surface area contributed by atoms with E-state index in [9.17, 15) is 4.79 Å². The molecule has 5 nitrogen and oxygen atoms in total. The molecule has 0 fully saturated rings. The van der Waals surface area contributed by atoms with E-state index in [0.29, 0.717) is 29.6 Å². The Morgan fingerprint density at radius 2 is 1.79 bits per heavy atom. The first kappa shape index (κ1) is 19.8. The molecule has 0 saturated carbocycles. The van der Waals surface area contributed by atoms with Crippen LogP contribution in [0.15, 0.2) is 60.7 Å². The summed E-state index contributed by atoms with van der Waals surface area (Å²) >= 11 is 6.16. The lowest BCUT2D eigenvalue weighted by atomic mass is 10.2. The maximum absolute atomic E-state index is 12.6. The van der Waals surface area contributed by atoms with Gasteiger partial charge < -0.3 is 10.2 Å². The number of rotatable bonds is 7. The fourth-order valence-electron chi connectivity index (χ4n) is 2.90. The average Bonchev–Trinajstić information content (AvgIpc) is 2.71. The number of carbonyl (C=O) groups is 1. The van der Waals surface area contributed by atoms with Crippen molar-refractivity contribution in [3.05, 3.63) is 88.3 Å². The van der Waals surface area contributed by atoms with Crippen molar-refractivity contribution in [1.29, 1.82) is 0 Å². The minimum atomic E-state index is -0.248. The van der Waals surface area contributed by atoms with E-state index in [4.69, 9.17) is 11.6 Å². The number of anilines is 1. The molecular weight excluding hydrogens is 372 g/mol. The molecule has 3 aromatic rings. The van der Waals surface area contributed by atoms with Crippen LogP contribution in [0, 0.1) is 6.92 Å². The molecule has 0 aliphatic carbocycles. The third-order valence-electron chi connectivity index (χ3n) is 4.38. The van der Waals surface area contributed by atoms with Gasteiger partial charge in [-0.2, -0.15) is 0 Å². The van der Waals surface area contributed by atoms with Gasteiger partial charge in [0.2, 0.25) is 0 Å². The zero-order chi connectivity index (χ0) is 19.9. The summed E-state index contributed by atoms with van der Waals surface area (Å²) in [7, 11) is 0. The molecule has 1 heterocycles. The summed E-state index contributed by atoms with van der Waals surface area (Å²) in [5, 5.41) is 3.51. The standard InChI is InChI=1S/C22H23ClN4O/c1-3-27(15-17-9-5-4-6-10-17)21-13-20(25-16(2)26-21)22(28)24-14-18-11-7-8-12-19(18)23/h4-13H,3,14-15H2,1-2H3,(H,24,28). The van der Waals surface area contributed by atoms with E-state index in [1.165, 1.54) is 5.56 Å². The van der Waals surface area contributed by atoms with Crippen molar-refractivity contribution in [2.45, 2.75) is 26.9 Å². The molecule has 0 bridgehead atoms. The van der Waals surface area contributed by atoms with Crippen LogP contribution in [0.25, 0.3) is 0 Å². The summed E-state index contributed by atoms with van der Waals surface area (Å²) in [6.45, 7) is 5.70. The number of aromatic nitrogens is 2. The zero-order valence-corrected chi connectivity index (χ0v) is 16.8. The van der Waals surface area contributed by atoms with Gasteiger partial charge in [-0.3, -0.25) is 4.79 Å². The van der Waals surface area contributed by atoms with Crippen molar-refractivity contribution in [2.24, 2.45) is 0 Å². The second-order valence-electron chi connectivity index (χ2n) is 6.43. The second-order valence-corrected chi connectivity index (χ2v) is 6.84. The monoisotopic (exact) mass is 394 g/mol. The molecule has 0 atom stereocenters. The quantitative estimate of drug-likeness (QED) is 0.645. The highest BCUT2D eigenvalue weighted by atomic mass is 35.5. The Morgan fingerprint density at radius 3 is 2.50 bits per heavy atom. The predicted molar refractivity (Wildman–Crippen MR) is 113 cm³/mol. The minimum Gasteiger partial charge on any atom is -0.352 e. The van der Waals surface area contributed by atoms with Crippen LogP contribution in [0.4, 0.5) is 5.82 Å². The predicted octanol–water partition coefficient (Wildman–Crippen LogP) is 4.39. The normalized spacial score (nSPS) is 10.5. The lowest BCUT2D eigenvalue weighted by Gasteiger charge is -2.22. The lowest BCUT2D eigenvalue weighted by Crippen LogP contribution is -2.27. The van der Waals surface area contributed by atoms with Crippen molar-refractivity contribution >= 4 is 23.3 Å². The highest BCUT2D eigenvalue weighted by Crippen LogP contribution is 2.17. The van der Waals surface area contributed by atoms with Gasteiger partial charge in [-0.1, -0.05) is 60.1 Å². The lowest BCUT2D eigenvalue weighted by molar-refractivity contribution is 0.0945. The first-order valence-electron chi connectivity index (χ1n) is 9.23. The molecular formula is C22H23ClN4O. The van der Waals surface area contributed by atoms with E-state index in [-0.39, 0.29) is 5.91 Å². The highest BCUT2D eigenvalue weighted by molar-refractivity contribution is 6.31. The molecule has 0 spiro atoms. The van der Waals surface area contributed by atoms with Gasteiger partial charge in [0.25, 0.3) is 5.91 Å². The molecule has 3 rings (SSSR count). The highest BCUT2D eigenvalue weighted by Gasteiger charge is 2.14. The third kappa shape index (κ3) is 5.08. The van der Waals surface area contributed by atoms with Gasteiger partial charge in [0.05, 0.1) is 0 Å². The van der Waals surface area contributed by atoms with Crippen LogP contribution in [0.1, 0.15) is 34.4 Å². The van der Waals surface area contributed by atoms with Gasteiger partial charge in [-0.25, -0.2) is 9.97 Å². The van der Waals surface area contributed by atoms with E-state index in [1.807, 2.05) is 36.4 Å². The average molecular weight is 395 g/mol. The van der Waals surface area contributed by atoms with Crippen LogP contribution in [0.2, 0.25) is 5.02 Å². The number of hydrogen-bond acceptors (Lipinski definition) is 4. The summed E-state index contributed by atoms with van der Waals surface area (Å²) in [6.07, 6.45) is 0.